The Bertz CT molecular complexity index is 1040. The molecule has 0 fully saturated rings. The Balaban J connectivity index is 1.84. The molecule has 0 saturated heterocycles. The Morgan fingerprint density at radius 3 is 2.83 bits per heavy atom. The van der Waals surface area contributed by atoms with Crippen LogP contribution < -0.4 is 9.64 Å². The van der Waals surface area contributed by atoms with Crippen molar-refractivity contribution in [3.8, 4) is 17.1 Å². The first kappa shape index (κ1) is 20.3. The fourth-order valence-electron chi connectivity index (χ4n) is 3.07. The van der Waals surface area contributed by atoms with Crippen LogP contribution in [0.4, 0.5) is 5.69 Å². The molecule has 3 heterocycles. The molecule has 9 heteroatoms. The topological polar surface area (TPSA) is 68.2 Å². The number of benzene rings is 1. The van der Waals surface area contributed by atoms with Gasteiger partial charge in [-0.1, -0.05) is 43.3 Å². The van der Waals surface area contributed by atoms with Gasteiger partial charge in [0.25, 0.3) is 0 Å². The maximum atomic E-state index is 12.7. The summed E-state index contributed by atoms with van der Waals surface area (Å²) in [7, 11) is 0. The molecular formula is C20H19BrN4O2S2. The van der Waals surface area contributed by atoms with Gasteiger partial charge in [0.05, 0.1) is 14.4 Å². The molecule has 0 bridgehead atoms. The van der Waals surface area contributed by atoms with Crippen LogP contribution in [-0.4, -0.2) is 26.8 Å². The Morgan fingerprint density at radius 1 is 1.28 bits per heavy atom. The van der Waals surface area contributed by atoms with Gasteiger partial charge in [-0.05, 0) is 40.5 Å². The quantitative estimate of drug-likeness (QED) is 0.337. The van der Waals surface area contributed by atoms with Crippen LogP contribution in [0.15, 0.2) is 45.3 Å². The Hall–Kier alpha value is -1.97. The van der Waals surface area contributed by atoms with Crippen molar-refractivity contribution in [1.82, 2.24) is 15.2 Å². The molecule has 0 radical (unpaired) electrons. The summed E-state index contributed by atoms with van der Waals surface area (Å²) in [6.45, 7) is 3.69. The molecule has 29 heavy (non-hydrogen) atoms. The van der Waals surface area contributed by atoms with Gasteiger partial charge in [0, 0.05) is 18.2 Å². The highest BCUT2D eigenvalue weighted by Crippen LogP contribution is 2.44. The average molecular weight is 491 g/mol. The fourth-order valence-corrected chi connectivity index (χ4v) is 5.37. The summed E-state index contributed by atoms with van der Waals surface area (Å²) in [5, 5.41) is 9.29. The number of unbranched alkanes of at least 4 members (excludes halogenated alkanes) is 1. The van der Waals surface area contributed by atoms with Gasteiger partial charge in [-0.25, -0.2) is 0 Å². The van der Waals surface area contributed by atoms with Gasteiger partial charge in [-0.2, -0.15) is 4.98 Å². The van der Waals surface area contributed by atoms with E-state index in [0.29, 0.717) is 16.7 Å². The van der Waals surface area contributed by atoms with Gasteiger partial charge in [0.15, 0.2) is 5.69 Å². The van der Waals surface area contributed by atoms with Crippen molar-refractivity contribution in [3.63, 3.8) is 0 Å². The van der Waals surface area contributed by atoms with E-state index in [4.69, 9.17) is 4.74 Å². The van der Waals surface area contributed by atoms with Gasteiger partial charge in [0.2, 0.25) is 23.2 Å². The number of aromatic nitrogens is 3. The Morgan fingerprint density at radius 2 is 2.10 bits per heavy atom. The first-order chi connectivity index (χ1) is 14.1. The van der Waals surface area contributed by atoms with Crippen LogP contribution in [0.3, 0.4) is 0 Å². The molecule has 6 nitrogen and oxygen atoms in total. The Kier molecular flexibility index (Phi) is 6.17. The van der Waals surface area contributed by atoms with Gasteiger partial charge in [-0.15, -0.1) is 21.5 Å². The number of amides is 1. The minimum absolute atomic E-state index is 0.120. The van der Waals surface area contributed by atoms with Crippen molar-refractivity contribution in [1.29, 1.82) is 0 Å². The predicted octanol–water partition coefficient (Wildman–Crippen LogP) is 5.70. The molecule has 0 unspecified atom stereocenters. The standard InChI is InChI=1S/C20H19BrN4O2S2/c1-3-4-11-28-20-22-18-17(23-24-20)13-7-5-6-8-14(13)25(12(2)26)19(27-18)15-9-10-16(21)29-15/h5-10,19H,3-4,11H2,1-2H3/t19-/m1/s1. The molecule has 2 aromatic heterocycles. The number of thioether (sulfide) groups is 1. The number of nitrogens with zero attached hydrogens (tertiary/aromatic N) is 4. The average Bonchev–Trinajstić information content (AvgIpc) is 3.08. The van der Waals surface area contributed by atoms with E-state index in [0.717, 1.165) is 38.5 Å². The molecule has 0 saturated carbocycles. The molecule has 0 spiro atoms. The number of para-hydroxylation sites is 1. The summed E-state index contributed by atoms with van der Waals surface area (Å²) >= 11 is 6.59. The van der Waals surface area contributed by atoms with Crippen molar-refractivity contribution in [2.45, 2.75) is 38.1 Å². The van der Waals surface area contributed by atoms with Crippen molar-refractivity contribution < 1.29 is 9.53 Å². The van der Waals surface area contributed by atoms with Crippen molar-refractivity contribution >= 4 is 50.6 Å². The number of carbonyl (C=O) groups is 1. The number of ether oxygens (including phenoxy) is 1. The first-order valence-corrected chi connectivity index (χ1v) is 11.9. The molecule has 1 aliphatic rings. The lowest BCUT2D eigenvalue weighted by atomic mass is 10.1. The smallest absolute Gasteiger partial charge is 0.247 e. The van der Waals surface area contributed by atoms with Crippen LogP contribution >= 0.6 is 39.0 Å². The molecule has 0 aliphatic carbocycles. The minimum Gasteiger partial charge on any atom is -0.446 e. The number of rotatable bonds is 5. The van der Waals surface area contributed by atoms with E-state index in [1.807, 2.05) is 36.4 Å². The second kappa shape index (κ2) is 8.81. The zero-order chi connectivity index (χ0) is 20.4. The van der Waals surface area contributed by atoms with Crippen LogP contribution in [0.5, 0.6) is 5.88 Å². The number of anilines is 1. The van der Waals surface area contributed by atoms with E-state index in [1.165, 1.54) is 18.3 Å². The summed E-state index contributed by atoms with van der Waals surface area (Å²) in [6, 6.07) is 11.5. The monoisotopic (exact) mass is 490 g/mol. The molecule has 0 N–H and O–H groups in total. The number of halogens is 1. The third-order valence-corrected chi connectivity index (χ3v) is 7.00. The normalized spacial score (nSPS) is 15.3. The summed E-state index contributed by atoms with van der Waals surface area (Å²) in [5.74, 6) is 1.20. The lowest BCUT2D eigenvalue weighted by Crippen LogP contribution is -2.35. The third-order valence-electron chi connectivity index (χ3n) is 4.42. The predicted molar refractivity (Wildman–Crippen MR) is 119 cm³/mol. The highest BCUT2D eigenvalue weighted by molar-refractivity contribution is 9.11. The van der Waals surface area contributed by atoms with Gasteiger partial charge in [-0.3, -0.25) is 9.69 Å². The minimum atomic E-state index is -0.628. The van der Waals surface area contributed by atoms with Crippen LogP contribution in [-0.2, 0) is 4.79 Å². The number of carbonyl (C=O) groups excluding carboxylic acids is 1. The number of fused-ring (bicyclic) bond motifs is 3. The molecule has 1 atom stereocenters. The first-order valence-electron chi connectivity index (χ1n) is 9.27. The molecule has 3 aromatic rings. The molecular weight excluding hydrogens is 472 g/mol. The number of thiophene rings is 1. The lowest BCUT2D eigenvalue weighted by Gasteiger charge is -2.28. The van der Waals surface area contributed by atoms with Crippen molar-refractivity contribution in [2.24, 2.45) is 0 Å². The highest BCUT2D eigenvalue weighted by Gasteiger charge is 2.35. The number of hydrogen-bond acceptors (Lipinski definition) is 7. The molecule has 1 aliphatic heterocycles. The zero-order valence-corrected chi connectivity index (χ0v) is 19.2. The van der Waals surface area contributed by atoms with Crippen LogP contribution in [0.2, 0.25) is 0 Å². The lowest BCUT2D eigenvalue weighted by molar-refractivity contribution is -0.118. The van der Waals surface area contributed by atoms with Gasteiger partial charge < -0.3 is 4.74 Å². The molecule has 4 rings (SSSR count). The fraction of sp³-hybridized carbons (Fsp3) is 0.300. The van der Waals surface area contributed by atoms with Crippen LogP contribution in [0.25, 0.3) is 11.3 Å². The van der Waals surface area contributed by atoms with E-state index >= 15 is 0 Å². The SMILES string of the molecule is CCCCSc1nnc2c(n1)O[C@H](c1ccc(Br)s1)N(C(C)=O)c1ccccc1-2. The Labute approximate surface area is 185 Å². The summed E-state index contributed by atoms with van der Waals surface area (Å²) in [6.07, 6.45) is 1.56. The van der Waals surface area contributed by atoms with E-state index < -0.39 is 6.23 Å². The van der Waals surface area contributed by atoms with E-state index in [9.17, 15) is 4.79 Å². The maximum absolute atomic E-state index is 12.7. The second-order valence-electron chi connectivity index (χ2n) is 6.47. The van der Waals surface area contributed by atoms with Crippen molar-refractivity contribution in [2.75, 3.05) is 10.7 Å². The van der Waals surface area contributed by atoms with Crippen molar-refractivity contribution in [3.05, 3.63) is 45.1 Å². The largest absolute Gasteiger partial charge is 0.446 e. The highest BCUT2D eigenvalue weighted by atomic mass is 79.9. The number of hydrogen-bond donors (Lipinski definition) is 0. The summed E-state index contributed by atoms with van der Waals surface area (Å²) < 4.78 is 7.29. The van der Waals surface area contributed by atoms with Gasteiger partial charge >= 0.3 is 0 Å². The van der Waals surface area contributed by atoms with Gasteiger partial charge in [0.1, 0.15) is 0 Å². The maximum Gasteiger partial charge on any atom is 0.247 e. The van der Waals surface area contributed by atoms with E-state index in [1.54, 1.807) is 16.7 Å². The molecule has 150 valence electrons. The zero-order valence-electron chi connectivity index (χ0n) is 16.0. The molecule has 1 amide bonds. The molecule has 1 aromatic carbocycles. The second-order valence-corrected chi connectivity index (χ2v) is 10.0. The van der Waals surface area contributed by atoms with E-state index in [2.05, 4.69) is 38.0 Å². The summed E-state index contributed by atoms with van der Waals surface area (Å²) in [4.78, 5) is 19.9. The van der Waals surface area contributed by atoms with E-state index in [-0.39, 0.29) is 5.91 Å². The third kappa shape index (κ3) is 4.17. The van der Waals surface area contributed by atoms with Crippen LogP contribution in [0, 0.1) is 0 Å². The van der Waals surface area contributed by atoms with Crippen LogP contribution in [0.1, 0.15) is 37.8 Å². The summed E-state index contributed by atoms with van der Waals surface area (Å²) in [5.41, 5.74) is 2.06.